The highest BCUT2D eigenvalue weighted by Gasteiger charge is 2.12. The molecule has 0 saturated carbocycles. The van der Waals surface area contributed by atoms with Gasteiger partial charge in [0.25, 0.3) is 0 Å². The third-order valence-corrected chi connectivity index (χ3v) is 4.91. The lowest BCUT2D eigenvalue weighted by atomic mass is 9.98. The van der Waals surface area contributed by atoms with E-state index in [4.69, 9.17) is 12.2 Å². The summed E-state index contributed by atoms with van der Waals surface area (Å²) in [5.41, 5.74) is 4.23. The van der Waals surface area contributed by atoms with Gasteiger partial charge in [-0.2, -0.15) is 10.3 Å². The molecule has 0 amide bonds. The Labute approximate surface area is 179 Å². The molecule has 8 heteroatoms. The van der Waals surface area contributed by atoms with E-state index in [0.29, 0.717) is 18.8 Å². The predicted octanol–water partition coefficient (Wildman–Crippen LogP) is 3.83. The van der Waals surface area contributed by atoms with Crippen LogP contribution < -0.4 is 0 Å². The zero-order valence-electron chi connectivity index (χ0n) is 16.4. The molecular formula is C22H21N7S. The molecule has 0 spiro atoms. The smallest absolute Gasteiger partial charge is 0.205 e. The second-order valence-corrected chi connectivity index (χ2v) is 7.11. The largest absolute Gasteiger partial charge is 0.245 e. The number of H-pyrrole nitrogens is 1. The molecule has 0 unspecified atom stereocenters. The van der Waals surface area contributed by atoms with Crippen LogP contribution in [0.5, 0.6) is 0 Å². The molecule has 4 rings (SSSR count). The van der Waals surface area contributed by atoms with Crippen LogP contribution in [0, 0.1) is 0 Å². The van der Waals surface area contributed by atoms with Gasteiger partial charge in [-0.3, -0.25) is 0 Å². The molecule has 2 heterocycles. The van der Waals surface area contributed by atoms with Crippen molar-refractivity contribution in [2.75, 3.05) is 0 Å². The van der Waals surface area contributed by atoms with Crippen LogP contribution in [-0.4, -0.2) is 40.8 Å². The fourth-order valence-electron chi connectivity index (χ4n) is 3.30. The highest BCUT2D eigenvalue weighted by Crippen LogP contribution is 2.29. The highest BCUT2D eigenvalue weighted by molar-refractivity contribution is 7.78. The van der Waals surface area contributed by atoms with Gasteiger partial charge < -0.3 is 0 Å². The summed E-state index contributed by atoms with van der Waals surface area (Å²) in [6.45, 7) is 4.46. The minimum atomic E-state index is 0.579. The van der Waals surface area contributed by atoms with Gasteiger partial charge in [0.2, 0.25) is 5.82 Å². The SMILES string of the molecule is C=CCCc1nc(CC=S)nn1Cc1ccc(-c2ccccc2-c2nn[nH]n2)cc1. The van der Waals surface area contributed by atoms with Crippen molar-refractivity contribution in [3.05, 3.63) is 78.4 Å². The molecule has 0 atom stereocenters. The number of aromatic nitrogens is 7. The number of thiocarbonyl (C=S) groups is 1. The van der Waals surface area contributed by atoms with Gasteiger partial charge in [0.15, 0.2) is 5.82 Å². The quantitative estimate of drug-likeness (QED) is 0.330. The molecule has 0 fully saturated rings. The Morgan fingerprint density at radius 2 is 1.87 bits per heavy atom. The molecule has 7 nitrogen and oxygen atoms in total. The van der Waals surface area contributed by atoms with Crippen LogP contribution in [0.25, 0.3) is 22.5 Å². The van der Waals surface area contributed by atoms with Crippen LogP contribution >= 0.6 is 12.2 Å². The predicted molar refractivity (Wildman–Crippen MR) is 120 cm³/mol. The maximum Gasteiger partial charge on any atom is 0.205 e. The van der Waals surface area contributed by atoms with Crippen molar-refractivity contribution in [1.82, 2.24) is 35.4 Å². The van der Waals surface area contributed by atoms with Gasteiger partial charge in [-0.05, 0) is 33.7 Å². The third kappa shape index (κ3) is 4.38. The minimum Gasteiger partial charge on any atom is -0.245 e. The van der Waals surface area contributed by atoms with Gasteiger partial charge in [-0.25, -0.2) is 9.67 Å². The van der Waals surface area contributed by atoms with Crippen molar-refractivity contribution in [2.24, 2.45) is 0 Å². The van der Waals surface area contributed by atoms with E-state index >= 15 is 0 Å². The monoisotopic (exact) mass is 415 g/mol. The molecule has 1 N–H and O–H groups in total. The number of nitrogens with one attached hydrogen (secondary N) is 1. The summed E-state index contributed by atoms with van der Waals surface area (Å²) < 4.78 is 1.96. The molecule has 0 bridgehead atoms. The summed E-state index contributed by atoms with van der Waals surface area (Å²) in [4.78, 5) is 4.62. The zero-order valence-corrected chi connectivity index (χ0v) is 17.2. The van der Waals surface area contributed by atoms with E-state index < -0.39 is 0 Å². The van der Waals surface area contributed by atoms with Crippen molar-refractivity contribution in [1.29, 1.82) is 0 Å². The number of hydrogen-bond donors (Lipinski definition) is 1. The first kappa shape index (κ1) is 19.8. The number of allylic oxidation sites excluding steroid dienone is 1. The van der Waals surface area contributed by atoms with Crippen molar-refractivity contribution in [2.45, 2.75) is 25.8 Å². The van der Waals surface area contributed by atoms with Crippen molar-refractivity contribution in [3.63, 3.8) is 0 Å². The van der Waals surface area contributed by atoms with E-state index in [1.807, 2.05) is 29.0 Å². The van der Waals surface area contributed by atoms with Crippen molar-refractivity contribution < 1.29 is 0 Å². The molecule has 0 aliphatic carbocycles. The molecule has 4 aromatic rings. The van der Waals surface area contributed by atoms with Crippen LogP contribution in [0.15, 0.2) is 61.2 Å². The lowest BCUT2D eigenvalue weighted by molar-refractivity contribution is 0.632. The average molecular weight is 416 g/mol. The van der Waals surface area contributed by atoms with Gasteiger partial charge in [0.1, 0.15) is 5.82 Å². The first-order chi connectivity index (χ1) is 14.8. The summed E-state index contributed by atoms with van der Waals surface area (Å²) >= 11 is 4.96. The Morgan fingerprint density at radius 1 is 1.07 bits per heavy atom. The van der Waals surface area contributed by atoms with Gasteiger partial charge in [0, 0.05) is 18.4 Å². The van der Waals surface area contributed by atoms with Gasteiger partial charge in [0.05, 0.1) is 6.54 Å². The molecule has 0 radical (unpaired) electrons. The molecular weight excluding hydrogens is 394 g/mol. The minimum absolute atomic E-state index is 0.579. The molecule has 0 aliphatic rings. The van der Waals surface area contributed by atoms with Gasteiger partial charge >= 0.3 is 0 Å². The average Bonchev–Trinajstić information content (AvgIpc) is 3.44. The number of aryl methyl sites for hydroxylation is 1. The van der Waals surface area contributed by atoms with Crippen molar-refractivity contribution in [3.8, 4) is 22.5 Å². The van der Waals surface area contributed by atoms with E-state index in [0.717, 1.165) is 46.7 Å². The second kappa shape index (κ2) is 9.32. The second-order valence-electron chi connectivity index (χ2n) is 6.78. The van der Waals surface area contributed by atoms with Gasteiger partial charge in [-0.1, -0.05) is 66.8 Å². The zero-order chi connectivity index (χ0) is 20.8. The molecule has 30 heavy (non-hydrogen) atoms. The summed E-state index contributed by atoms with van der Waals surface area (Å²) in [7, 11) is 0. The lowest BCUT2D eigenvalue weighted by Crippen LogP contribution is -2.07. The van der Waals surface area contributed by atoms with Crippen molar-refractivity contribution >= 4 is 17.6 Å². The molecule has 2 aromatic heterocycles. The Bertz CT molecular complexity index is 1130. The Morgan fingerprint density at radius 3 is 2.57 bits per heavy atom. The topological polar surface area (TPSA) is 85.2 Å². The molecule has 2 aromatic carbocycles. The van der Waals surface area contributed by atoms with E-state index in [9.17, 15) is 0 Å². The molecule has 0 aliphatic heterocycles. The molecule has 150 valence electrons. The first-order valence-corrected chi connectivity index (χ1v) is 10.1. The van der Waals surface area contributed by atoms with Crippen LogP contribution in [0.4, 0.5) is 0 Å². The number of rotatable bonds is 9. The maximum atomic E-state index is 4.96. The number of aromatic amines is 1. The Hall–Kier alpha value is -3.52. The fourth-order valence-corrected chi connectivity index (χ4v) is 3.45. The van der Waals surface area contributed by atoms with Crippen LogP contribution in [-0.2, 0) is 19.4 Å². The molecule has 0 saturated heterocycles. The maximum absolute atomic E-state index is 4.96. The summed E-state index contributed by atoms with van der Waals surface area (Å²) in [6, 6.07) is 16.5. The van der Waals surface area contributed by atoms with Crippen LogP contribution in [0.2, 0.25) is 0 Å². The number of tetrazole rings is 1. The van der Waals surface area contributed by atoms with E-state index in [1.165, 1.54) is 0 Å². The first-order valence-electron chi connectivity index (χ1n) is 9.67. The van der Waals surface area contributed by atoms with Crippen LogP contribution in [0.1, 0.15) is 23.6 Å². The van der Waals surface area contributed by atoms with E-state index in [2.05, 4.69) is 67.6 Å². The summed E-state index contributed by atoms with van der Waals surface area (Å²) in [6.07, 6.45) is 4.16. The standard InChI is InChI=1S/C22H21N7S/c1-2-3-8-21-23-20(13-14-30)26-29(21)15-16-9-11-17(12-10-16)18-6-4-5-7-19(18)22-24-27-28-25-22/h2,4-7,9-12,14H,1,3,8,13,15H2,(H,24,25,27,28). The fraction of sp³-hybridized carbons (Fsp3) is 0.182. The van der Waals surface area contributed by atoms with Crippen LogP contribution in [0.3, 0.4) is 0 Å². The Kier molecular flexibility index (Phi) is 6.14. The van der Waals surface area contributed by atoms with Gasteiger partial charge in [-0.15, -0.1) is 16.8 Å². The number of hydrogen-bond acceptors (Lipinski definition) is 6. The third-order valence-electron chi connectivity index (χ3n) is 4.74. The lowest BCUT2D eigenvalue weighted by Gasteiger charge is -2.09. The number of benzene rings is 2. The summed E-state index contributed by atoms with van der Waals surface area (Å²) in [5, 5.41) is 20.7. The number of nitrogens with zero attached hydrogens (tertiary/aromatic N) is 6. The normalized spacial score (nSPS) is 10.8. The highest BCUT2D eigenvalue weighted by atomic mass is 32.1. The summed E-state index contributed by atoms with van der Waals surface area (Å²) in [5.74, 6) is 2.29. The Balaban J connectivity index is 1.58. The van der Waals surface area contributed by atoms with E-state index in [-0.39, 0.29) is 0 Å². The van der Waals surface area contributed by atoms with E-state index in [1.54, 1.807) is 5.37 Å².